The summed E-state index contributed by atoms with van der Waals surface area (Å²) in [6, 6.07) is 9.54. The third-order valence-corrected chi connectivity index (χ3v) is 18.2. The minimum atomic E-state index is -1.52. The standard InChI is InChI=1S/C75H120N18O11/c1-4-6-8-10-12-14-16-18-20-22-27-39-63(94)80-42-32-44-82-71(102)73-92-93(74(104-73)72(103)83-45-33-43-81-64(95)40-28-23-21-19-17-15-13-11-9-7-5-2)51-65(96)87-53(3)67(98)90-62(48-56-50-79-52-86-56)70(101)91-61(46-54-34-25-24-26-35-54)69(100)88-59(38-31-41-84-75(77)78)68(99)89-60(66(76)97)47-55-49-85-58-37-30-29-36-57(55)58/h24-26,29-30,34-37,49-50,52-53,59-62,73-74,85,92H,4-23,27-28,31-33,38-48,51H2,1-3H3,(H2,76,97)(H,79,86)(H,80,94)(H,81,95)(H,82,102)(H,83,103)(H,87,96)(H,88,100)(H,89,99)(H,90,98)(H,91,101)(H4,77,78,84)/t53-,59-,60-,61+,62-,73?,74?/m0/s1. The number of ether oxygens (including phenoxy) is 1. The second-order valence-corrected chi connectivity index (χ2v) is 27.1. The Hall–Kier alpha value is -8.96. The first kappa shape index (κ1) is 85.7. The van der Waals surface area contributed by atoms with Gasteiger partial charge in [-0.05, 0) is 62.6 Å². The summed E-state index contributed by atoms with van der Waals surface area (Å²) in [6.45, 7) is 6.18. The van der Waals surface area contributed by atoms with Crippen LogP contribution >= 0.6 is 0 Å². The van der Waals surface area contributed by atoms with Crippen LogP contribution in [0.4, 0.5) is 0 Å². The Morgan fingerprint density at radius 3 is 1.58 bits per heavy atom. The number of aliphatic imine (C=N–C) groups is 1. The number of carbonyl (C=O) groups is 10. The number of hydrazine groups is 1. The van der Waals surface area contributed by atoms with Gasteiger partial charge in [-0.25, -0.2) is 10.4 Å². The SMILES string of the molecule is CCCCCCCCCCCCCC(=O)NCCCNC(=O)C1NN(CC(=O)N[C@@H](C)C(=O)N[C@@H](Cc2cnc[nH]2)C(=O)N[C@H](Cc2ccccc2)C(=O)N[C@@H](CCCN=C(N)N)C(=O)N[C@@H](Cc2c[nH]c3ccccc23)C(N)=O)C(C(=O)NCCCNC(=O)CCCCCCCCCCCCC)O1. The summed E-state index contributed by atoms with van der Waals surface area (Å²) in [4.78, 5) is 152. The van der Waals surface area contributed by atoms with Gasteiger partial charge < -0.3 is 79.8 Å². The van der Waals surface area contributed by atoms with Crippen molar-refractivity contribution in [3.63, 3.8) is 0 Å². The van der Waals surface area contributed by atoms with Gasteiger partial charge in [0.15, 0.2) is 5.96 Å². The summed E-state index contributed by atoms with van der Waals surface area (Å²) in [5.74, 6) is -6.48. The molecule has 3 heterocycles. The lowest BCUT2D eigenvalue weighted by atomic mass is 10.0. The van der Waals surface area contributed by atoms with Gasteiger partial charge >= 0.3 is 0 Å². The molecule has 0 spiro atoms. The quantitative estimate of drug-likeness (QED) is 0.0156. The zero-order valence-electron chi connectivity index (χ0n) is 61.7. The number of nitrogens with two attached hydrogens (primary N) is 3. The van der Waals surface area contributed by atoms with Gasteiger partial charge in [-0.15, -0.1) is 0 Å². The van der Waals surface area contributed by atoms with Crippen molar-refractivity contribution in [3.05, 3.63) is 90.1 Å². The van der Waals surface area contributed by atoms with Gasteiger partial charge in [0, 0.05) is 93.8 Å². The maximum Gasteiger partial charge on any atom is 0.265 e. The van der Waals surface area contributed by atoms with Crippen molar-refractivity contribution in [1.82, 2.24) is 73.2 Å². The maximum atomic E-state index is 14.7. The van der Waals surface area contributed by atoms with E-state index in [1.54, 1.807) is 36.5 Å². The topological polar surface area (TPSA) is 438 Å². The van der Waals surface area contributed by atoms with E-state index in [1.807, 2.05) is 24.3 Å². The number of aromatic nitrogens is 3. The van der Waals surface area contributed by atoms with Crippen LogP contribution in [-0.2, 0) is 71.9 Å². The molecule has 1 saturated heterocycles. The summed E-state index contributed by atoms with van der Waals surface area (Å²) >= 11 is 0. The van der Waals surface area contributed by atoms with Crippen molar-refractivity contribution in [2.75, 3.05) is 39.3 Å². The molecule has 7 atom stereocenters. The number of nitrogens with zero attached hydrogens (tertiary/aromatic N) is 3. The minimum absolute atomic E-state index is 0.0181. The third-order valence-electron chi connectivity index (χ3n) is 18.2. The molecule has 29 nitrogen and oxygen atoms in total. The van der Waals surface area contributed by atoms with Gasteiger partial charge in [-0.2, -0.15) is 5.01 Å². The zero-order valence-corrected chi connectivity index (χ0v) is 61.7. The first-order chi connectivity index (χ1) is 50.3. The van der Waals surface area contributed by atoms with Gasteiger partial charge in [-0.3, -0.25) is 52.9 Å². The molecule has 5 rings (SSSR count). The molecule has 1 fully saturated rings. The molecule has 2 aromatic heterocycles. The van der Waals surface area contributed by atoms with Crippen LogP contribution in [0.1, 0.15) is 217 Å². The van der Waals surface area contributed by atoms with E-state index in [2.05, 4.69) is 87.1 Å². The second-order valence-electron chi connectivity index (χ2n) is 27.1. The number of guanidine groups is 1. The van der Waals surface area contributed by atoms with Crippen LogP contribution in [0.15, 0.2) is 78.3 Å². The predicted octanol–water partition coefficient (Wildman–Crippen LogP) is 5.04. The smallest absolute Gasteiger partial charge is 0.265 e. The van der Waals surface area contributed by atoms with Crippen LogP contribution in [-0.4, -0.2) is 167 Å². The molecule has 0 bridgehead atoms. The Labute approximate surface area is 613 Å². The van der Waals surface area contributed by atoms with Gasteiger partial charge in [0.1, 0.15) is 30.2 Å². The van der Waals surface area contributed by atoms with Crippen LogP contribution in [0.25, 0.3) is 10.9 Å². The summed E-state index contributed by atoms with van der Waals surface area (Å²) in [5.41, 5.74) is 22.4. The Bertz CT molecular complexity index is 3240. The molecule has 4 aromatic rings. The summed E-state index contributed by atoms with van der Waals surface area (Å²) < 4.78 is 5.94. The Balaban J connectivity index is 1.20. The Kier molecular flexibility index (Phi) is 41.6. The number of rotatable bonds is 56. The average Bonchev–Trinajstić information content (AvgIpc) is 1.70. The lowest BCUT2D eigenvalue weighted by Gasteiger charge is -2.27. The van der Waals surface area contributed by atoms with Gasteiger partial charge in [-0.1, -0.05) is 191 Å². The van der Waals surface area contributed by atoms with Crippen molar-refractivity contribution < 1.29 is 52.7 Å². The van der Waals surface area contributed by atoms with E-state index in [9.17, 15) is 47.9 Å². The molecular formula is C75H120N18O11. The minimum Gasteiger partial charge on any atom is -0.370 e. The monoisotopic (exact) mass is 1450 g/mol. The van der Waals surface area contributed by atoms with E-state index in [1.165, 1.54) is 122 Å². The van der Waals surface area contributed by atoms with Gasteiger partial charge in [0.05, 0.1) is 12.9 Å². The number of hydrogen-bond donors (Lipinski definition) is 15. The molecule has 2 aromatic carbocycles. The molecule has 2 unspecified atom stereocenters. The first-order valence-electron chi connectivity index (χ1n) is 38.0. The van der Waals surface area contributed by atoms with Crippen molar-refractivity contribution in [2.45, 2.75) is 262 Å². The number of aromatic amines is 2. The van der Waals surface area contributed by atoms with Crippen LogP contribution in [0, 0.1) is 0 Å². The number of para-hydroxylation sites is 1. The first-order valence-corrected chi connectivity index (χ1v) is 38.0. The number of fused-ring (bicyclic) bond motifs is 1. The Morgan fingerprint density at radius 1 is 0.519 bits per heavy atom. The van der Waals surface area contributed by atoms with Crippen LogP contribution in [0.3, 0.4) is 0 Å². The number of H-pyrrole nitrogens is 2. The van der Waals surface area contributed by atoms with Crippen molar-refractivity contribution in [3.8, 4) is 0 Å². The third kappa shape index (κ3) is 34.5. The Morgan fingerprint density at radius 2 is 1.02 bits per heavy atom. The number of amides is 10. The van der Waals surface area contributed by atoms with Crippen molar-refractivity contribution in [2.24, 2.45) is 22.2 Å². The summed E-state index contributed by atoms with van der Waals surface area (Å²) in [7, 11) is 0. The highest BCUT2D eigenvalue weighted by atomic mass is 16.6. The highest BCUT2D eigenvalue weighted by Gasteiger charge is 2.42. The number of primary amides is 1. The zero-order chi connectivity index (χ0) is 75.1. The lowest BCUT2D eigenvalue weighted by molar-refractivity contribution is -0.144. The van der Waals surface area contributed by atoms with E-state index < -0.39 is 96.5 Å². The molecule has 1 aliphatic heterocycles. The average molecular weight is 1450 g/mol. The second kappa shape index (κ2) is 50.4. The van der Waals surface area contributed by atoms with E-state index in [-0.39, 0.29) is 69.5 Å². The fourth-order valence-electron chi connectivity index (χ4n) is 12.2. The fourth-order valence-corrected chi connectivity index (χ4v) is 12.2. The number of carbonyl (C=O) groups excluding carboxylic acids is 10. The van der Waals surface area contributed by atoms with Gasteiger partial charge in [0.25, 0.3) is 11.8 Å². The largest absolute Gasteiger partial charge is 0.370 e. The van der Waals surface area contributed by atoms with Crippen LogP contribution < -0.4 is 70.5 Å². The molecule has 576 valence electrons. The molecule has 18 N–H and O–H groups in total. The molecule has 0 saturated carbocycles. The van der Waals surface area contributed by atoms with Crippen LogP contribution in [0.5, 0.6) is 0 Å². The molecule has 29 heteroatoms. The number of imidazole rings is 1. The summed E-state index contributed by atoms with van der Waals surface area (Å²) in [6.07, 6.45) is 29.0. The van der Waals surface area contributed by atoms with Crippen molar-refractivity contribution >= 4 is 75.9 Å². The maximum absolute atomic E-state index is 14.7. The van der Waals surface area contributed by atoms with Gasteiger partial charge in [0.2, 0.25) is 59.7 Å². The molecule has 0 radical (unpaired) electrons. The molecule has 1 aliphatic rings. The lowest BCUT2D eigenvalue weighted by Crippen LogP contribution is -2.60. The van der Waals surface area contributed by atoms with Crippen LogP contribution in [0.2, 0.25) is 0 Å². The number of unbranched alkanes of at least 4 members (excludes halogenated alkanes) is 20. The summed E-state index contributed by atoms with van der Waals surface area (Å²) in [5, 5.41) is 26.8. The molecule has 0 aliphatic carbocycles. The predicted molar refractivity (Wildman–Crippen MR) is 401 cm³/mol. The normalized spacial score (nSPS) is 15.0. The van der Waals surface area contributed by atoms with Crippen molar-refractivity contribution in [1.29, 1.82) is 0 Å². The number of hydrogen-bond acceptors (Lipinski definition) is 15. The highest BCUT2D eigenvalue weighted by molar-refractivity contribution is 5.97. The number of benzene rings is 2. The van der Waals surface area contributed by atoms with E-state index in [4.69, 9.17) is 21.9 Å². The number of nitrogens with one attached hydrogen (secondary N) is 12. The fraction of sp³-hybridized carbons (Fsp3) is 0.627. The van der Waals surface area contributed by atoms with E-state index in [0.717, 1.165) is 54.4 Å². The van der Waals surface area contributed by atoms with E-state index in [0.29, 0.717) is 55.6 Å². The molecule has 10 amide bonds. The van der Waals surface area contributed by atoms with E-state index >= 15 is 0 Å². The molecule has 104 heavy (non-hydrogen) atoms. The molecular weight excluding hydrogens is 1330 g/mol. The highest BCUT2D eigenvalue weighted by Crippen LogP contribution is 2.21.